The van der Waals surface area contributed by atoms with Crippen molar-refractivity contribution < 1.29 is 9.53 Å². The predicted octanol–water partition coefficient (Wildman–Crippen LogP) is 4.79. The van der Waals surface area contributed by atoms with Gasteiger partial charge in [0.05, 0.1) is 11.6 Å². The molecular formula is C19H20BrNO2. The van der Waals surface area contributed by atoms with Gasteiger partial charge in [-0.2, -0.15) is 0 Å². The zero-order chi connectivity index (χ0) is 16.6. The van der Waals surface area contributed by atoms with Crippen molar-refractivity contribution in [2.24, 2.45) is 0 Å². The van der Waals surface area contributed by atoms with Crippen LogP contribution >= 0.6 is 15.9 Å². The summed E-state index contributed by atoms with van der Waals surface area (Å²) in [6.45, 7) is 6.15. The Morgan fingerprint density at radius 1 is 1.26 bits per heavy atom. The van der Waals surface area contributed by atoms with E-state index in [1.54, 1.807) is 0 Å². The van der Waals surface area contributed by atoms with Crippen molar-refractivity contribution in [1.29, 1.82) is 0 Å². The Morgan fingerprint density at radius 2 is 2.00 bits per heavy atom. The predicted molar refractivity (Wildman–Crippen MR) is 94.9 cm³/mol. The van der Waals surface area contributed by atoms with Crippen molar-refractivity contribution in [2.75, 3.05) is 0 Å². The molecule has 1 aliphatic rings. The third-order valence-corrected chi connectivity index (χ3v) is 4.74. The van der Waals surface area contributed by atoms with Crippen LogP contribution in [0.4, 0.5) is 0 Å². The highest BCUT2D eigenvalue weighted by Gasteiger charge is 2.34. The van der Waals surface area contributed by atoms with Crippen LogP contribution < -0.4 is 10.1 Å². The summed E-state index contributed by atoms with van der Waals surface area (Å²) in [7, 11) is 0. The lowest BCUT2D eigenvalue weighted by Crippen LogP contribution is -2.41. The Morgan fingerprint density at radius 3 is 2.74 bits per heavy atom. The minimum Gasteiger partial charge on any atom is -0.487 e. The number of hydrogen-bond acceptors (Lipinski definition) is 2. The van der Waals surface area contributed by atoms with Crippen LogP contribution in [-0.4, -0.2) is 11.5 Å². The molecule has 1 aliphatic heterocycles. The van der Waals surface area contributed by atoms with Crippen molar-refractivity contribution in [1.82, 2.24) is 5.32 Å². The Kier molecular flexibility index (Phi) is 4.19. The van der Waals surface area contributed by atoms with E-state index in [-0.39, 0.29) is 17.6 Å². The van der Waals surface area contributed by atoms with E-state index in [4.69, 9.17) is 4.74 Å². The second-order valence-electron chi connectivity index (χ2n) is 6.61. The molecule has 23 heavy (non-hydrogen) atoms. The summed E-state index contributed by atoms with van der Waals surface area (Å²) in [4.78, 5) is 12.7. The second kappa shape index (κ2) is 6.00. The summed E-state index contributed by atoms with van der Waals surface area (Å²) in [6, 6.07) is 13.5. The third kappa shape index (κ3) is 3.42. The van der Waals surface area contributed by atoms with E-state index in [1.807, 2.05) is 57.2 Å². The van der Waals surface area contributed by atoms with Crippen LogP contribution in [0.3, 0.4) is 0 Å². The Balaban J connectivity index is 1.92. The maximum Gasteiger partial charge on any atom is 0.252 e. The van der Waals surface area contributed by atoms with Gasteiger partial charge in [-0.25, -0.2) is 0 Å². The number of halogens is 1. The van der Waals surface area contributed by atoms with E-state index in [1.165, 1.54) is 0 Å². The molecule has 0 aromatic heterocycles. The fourth-order valence-corrected chi connectivity index (χ4v) is 3.45. The summed E-state index contributed by atoms with van der Waals surface area (Å²) in [6.07, 6.45) is 0.736. The zero-order valence-corrected chi connectivity index (χ0v) is 15.1. The van der Waals surface area contributed by atoms with Crippen LogP contribution in [0.15, 0.2) is 46.9 Å². The summed E-state index contributed by atoms with van der Waals surface area (Å²) < 4.78 is 6.85. The largest absolute Gasteiger partial charge is 0.487 e. The molecule has 1 amide bonds. The number of carbonyl (C=O) groups excluding carboxylic acids is 1. The Bertz CT molecular complexity index is 755. The molecule has 1 heterocycles. The molecule has 4 heteroatoms. The van der Waals surface area contributed by atoms with Gasteiger partial charge in [0, 0.05) is 16.5 Å². The van der Waals surface area contributed by atoms with E-state index < -0.39 is 0 Å². The van der Waals surface area contributed by atoms with Gasteiger partial charge in [-0.3, -0.25) is 4.79 Å². The fraction of sp³-hybridized carbons (Fsp3) is 0.316. The summed E-state index contributed by atoms with van der Waals surface area (Å²) in [5.41, 5.74) is 2.54. The number of benzene rings is 2. The molecule has 0 fully saturated rings. The topological polar surface area (TPSA) is 38.3 Å². The normalized spacial score (nSPS) is 18.7. The van der Waals surface area contributed by atoms with E-state index >= 15 is 0 Å². The van der Waals surface area contributed by atoms with Crippen LogP contribution in [0.5, 0.6) is 5.75 Å². The van der Waals surface area contributed by atoms with Gasteiger partial charge < -0.3 is 10.1 Å². The SMILES string of the molecule is Cc1ccc2c(c1)[C@H](NC(=O)c1ccccc1Br)CC(C)(C)O2. The molecule has 0 radical (unpaired) electrons. The molecule has 0 saturated heterocycles. The van der Waals surface area contributed by atoms with Gasteiger partial charge in [0.25, 0.3) is 5.91 Å². The first-order valence-corrected chi connectivity index (χ1v) is 8.50. The van der Waals surface area contributed by atoms with E-state index in [9.17, 15) is 4.79 Å². The fourth-order valence-electron chi connectivity index (χ4n) is 2.98. The average molecular weight is 374 g/mol. The Hall–Kier alpha value is -1.81. The second-order valence-corrected chi connectivity index (χ2v) is 7.47. The number of amides is 1. The van der Waals surface area contributed by atoms with Crippen molar-refractivity contribution in [2.45, 2.75) is 38.8 Å². The maximum absolute atomic E-state index is 12.7. The smallest absolute Gasteiger partial charge is 0.252 e. The van der Waals surface area contributed by atoms with Gasteiger partial charge in [-0.15, -0.1) is 0 Å². The summed E-state index contributed by atoms with van der Waals surface area (Å²) >= 11 is 3.44. The third-order valence-electron chi connectivity index (χ3n) is 4.05. The van der Waals surface area contributed by atoms with E-state index in [0.29, 0.717) is 5.56 Å². The van der Waals surface area contributed by atoms with Crippen LogP contribution in [0.25, 0.3) is 0 Å². The molecule has 3 nitrogen and oxygen atoms in total. The number of carbonyl (C=O) groups is 1. The molecule has 2 aromatic rings. The lowest BCUT2D eigenvalue weighted by molar-refractivity contribution is 0.0619. The number of nitrogens with one attached hydrogen (secondary N) is 1. The minimum atomic E-state index is -0.311. The monoisotopic (exact) mass is 373 g/mol. The van der Waals surface area contributed by atoms with Crippen molar-refractivity contribution >= 4 is 21.8 Å². The summed E-state index contributed by atoms with van der Waals surface area (Å²) in [5.74, 6) is 0.775. The first-order valence-electron chi connectivity index (χ1n) is 7.71. The van der Waals surface area contributed by atoms with E-state index in [0.717, 1.165) is 27.8 Å². The van der Waals surface area contributed by atoms with Crippen LogP contribution in [0.2, 0.25) is 0 Å². The van der Waals surface area contributed by atoms with Crippen LogP contribution in [0.1, 0.15) is 47.8 Å². The van der Waals surface area contributed by atoms with Crippen molar-refractivity contribution in [3.05, 3.63) is 63.6 Å². The molecule has 120 valence electrons. The standard InChI is InChI=1S/C19H20BrNO2/c1-12-8-9-17-14(10-12)16(11-19(2,3)23-17)21-18(22)13-6-4-5-7-15(13)20/h4-10,16H,11H2,1-3H3,(H,21,22)/t16-/m1/s1. The minimum absolute atomic E-state index is 0.0618. The number of ether oxygens (including phenoxy) is 1. The van der Waals surface area contributed by atoms with Crippen molar-refractivity contribution in [3.63, 3.8) is 0 Å². The molecule has 1 atom stereocenters. The molecule has 0 bridgehead atoms. The van der Waals surface area contributed by atoms with Gasteiger partial charge in [0.2, 0.25) is 0 Å². The highest BCUT2D eigenvalue weighted by atomic mass is 79.9. The number of fused-ring (bicyclic) bond motifs is 1. The molecule has 0 spiro atoms. The van der Waals surface area contributed by atoms with Gasteiger partial charge >= 0.3 is 0 Å². The van der Waals surface area contributed by atoms with E-state index in [2.05, 4.69) is 27.3 Å². The first kappa shape index (κ1) is 16.1. The summed E-state index contributed by atoms with van der Waals surface area (Å²) in [5, 5.41) is 3.17. The molecular weight excluding hydrogens is 354 g/mol. The highest BCUT2D eigenvalue weighted by molar-refractivity contribution is 9.10. The Labute approximate surface area is 145 Å². The molecule has 2 aromatic carbocycles. The van der Waals surface area contributed by atoms with Crippen LogP contribution in [-0.2, 0) is 0 Å². The van der Waals surface area contributed by atoms with Gasteiger partial charge in [0.1, 0.15) is 11.4 Å². The van der Waals surface area contributed by atoms with Gasteiger partial charge in [-0.05, 0) is 54.9 Å². The van der Waals surface area contributed by atoms with Gasteiger partial charge in [0.15, 0.2) is 0 Å². The highest BCUT2D eigenvalue weighted by Crippen LogP contribution is 2.40. The van der Waals surface area contributed by atoms with Crippen molar-refractivity contribution in [3.8, 4) is 5.75 Å². The number of rotatable bonds is 2. The molecule has 0 aliphatic carbocycles. The molecule has 0 unspecified atom stereocenters. The quantitative estimate of drug-likeness (QED) is 0.821. The zero-order valence-electron chi connectivity index (χ0n) is 13.5. The lowest BCUT2D eigenvalue weighted by Gasteiger charge is -2.38. The number of hydrogen-bond donors (Lipinski definition) is 1. The molecule has 1 N–H and O–H groups in total. The number of aryl methyl sites for hydroxylation is 1. The molecule has 0 saturated carbocycles. The first-order chi connectivity index (χ1) is 10.9. The average Bonchev–Trinajstić information content (AvgIpc) is 2.47. The lowest BCUT2D eigenvalue weighted by atomic mass is 9.88. The maximum atomic E-state index is 12.7. The molecule has 3 rings (SSSR count). The van der Waals surface area contributed by atoms with Crippen LogP contribution in [0, 0.1) is 6.92 Å². The van der Waals surface area contributed by atoms with Gasteiger partial charge in [-0.1, -0.05) is 29.8 Å².